The lowest BCUT2D eigenvalue weighted by molar-refractivity contribution is -0.140. The predicted octanol–water partition coefficient (Wildman–Crippen LogP) is 5.01. The topological polar surface area (TPSA) is 78.3 Å². The molecule has 0 saturated carbocycles. The van der Waals surface area contributed by atoms with Crippen molar-refractivity contribution in [2.45, 2.75) is 30.8 Å². The number of aryl methyl sites for hydroxylation is 1. The monoisotopic (exact) mass is 484 g/mol. The number of benzene rings is 2. The van der Waals surface area contributed by atoms with Crippen molar-refractivity contribution >= 4 is 35.3 Å². The lowest BCUT2D eigenvalue weighted by atomic mass is 9.95. The summed E-state index contributed by atoms with van der Waals surface area (Å²) in [7, 11) is 1.57. The molecule has 1 aliphatic heterocycles. The maximum atomic E-state index is 13.0. The van der Waals surface area contributed by atoms with Gasteiger partial charge in [0.05, 0.1) is 12.2 Å². The van der Waals surface area contributed by atoms with Crippen LogP contribution < -0.4 is 5.32 Å². The number of nitrogens with one attached hydrogen (secondary N) is 1. The SMILES string of the molecule is COCCOC(=O)C1=C(C)Nc2nc(SCc3ccccc3Cl)nn2[C@@H]1c1ccc(C)cc1. The summed E-state index contributed by atoms with van der Waals surface area (Å²) in [5, 5.41) is 9.26. The van der Waals surface area contributed by atoms with E-state index in [1.807, 2.05) is 62.4 Å². The molecule has 1 aliphatic rings. The number of halogens is 1. The third-order valence-corrected chi connectivity index (χ3v) is 6.54. The molecule has 3 aromatic rings. The van der Waals surface area contributed by atoms with E-state index in [2.05, 4.69) is 10.3 Å². The van der Waals surface area contributed by atoms with Crippen molar-refractivity contribution in [3.63, 3.8) is 0 Å². The summed E-state index contributed by atoms with van der Waals surface area (Å²) in [4.78, 5) is 17.7. The fourth-order valence-electron chi connectivity index (χ4n) is 3.57. The van der Waals surface area contributed by atoms with Crippen LogP contribution >= 0.6 is 23.4 Å². The van der Waals surface area contributed by atoms with Crippen LogP contribution in [-0.2, 0) is 20.0 Å². The van der Waals surface area contributed by atoms with Gasteiger partial charge < -0.3 is 14.8 Å². The van der Waals surface area contributed by atoms with Gasteiger partial charge in [0.25, 0.3) is 0 Å². The highest BCUT2D eigenvalue weighted by atomic mass is 35.5. The van der Waals surface area contributed by atoms with Crippen molar-refractivity contribution < 1.29 is 14.3 Å². The molecule has 1 atom stereocenters. The molecule has 2 heterocycles. The van der Waals surface area contributed by atoms with Crippen LogP contribution in [0.4, 0.5) is 5.95 Å². The molecular weight excluding hydrogens is 460 g/mol. The van der Waals surface area contributed by atoms with E-state index in [9.17, 15) is 4.79 Å². The van der Waals surface area contributed by atoms with Gasteiger partial charge in [-0.2, -0.15) is 4.98 Å². The average Bonchev–Trinajstić information content (AvgIpc) is 3.20. The average molecular weight is 485 g/mol. The number of fused-ring (bicyclic) bond motifs is 1. The molecule has 0 amide bonds. The Balaban J connectivity index is 1.66. The quantitative estimate of drug-likeness (QED) is 0.273. The van der Waals surface area contributed by atoms with Crippen LogP contribution in [0.15, 0.2) is 65.0 Å². The first-order valence-corrected chi connectivity index (χ1v) is 11.9. The Morgan fingerprint density at radius 1 is 1.15 bits per heavy atom. The highest BCUT2D eigenvalue weighted by molar-refractivity contribution is 7.98. The molecule has 9 heteroatoms. The zero-order chi connectivity index (χ0) is 23.4. The van der Waals surface area contributed by atoms with Crippen molar-refractivity contribution in [2.75, 3.05) is 25.6 Å². The smallest absolute Gasteiger partial charge is 0.338 e. The lowest BCUT2D eigenvalue weighted by Crippen LogP contribution is -2.30. The first kappa shape index (κ1) is 23.4. The number of aromatic nitrogens is 3. The van der Waals surface area contributed by atoms with E-state index in [-0.39, 0.29) is 6.61 Å². The highest BCUT2D eigenvalue weighted by Crippen LogP contribution is 2.37. The molecule has 0 saturated heterocycles. The molecule has 172 valence electrons. The summed E-state index contributed by atoms with van der Waals surface area (Å²) < 4.78 is 12.2. The molecule has 4 rings (SSSR count). The number of esters is 1. The minimum absolute atomic E-state index is 0.176. The number of ether oxygens (including phenoxy) is 2. The molecule has 2 aromatic carbocycles. The fraction of sp³-hybridized carbons (Fsp3) is 0.292. The van der Waals surface area contributed by atoms with Crippen LogP contribution in [0, 0.1) is 6.92 Å². The van der Waals surface area contributed by atoms with Crippen LogP contribution in [0.2, 0.25) is 5.02 Å². The van der Waals surface area contributed by atoms with E-state index in [1.54, 1.807) is 11.8 Å². The number of rotatable bonds is 8. The molecule has 0 fully saturated rings. The number of methoxy groups -OCH3 is 1. The van der Waals surface area contributed by atoms with E-state index >= 15 is 0 Å². The first-order chi connectivity index (χ1) is 16.0. The maximum Gasteiger partial charge on any atom is 0.338 e. The van der Waals surface area contributed by atoms with E-state index in [0.29, 0.717) is 39.8 Å². The van der Waals surface area contributed by atoms with Crippen LogP contribution in [0.25, 0.3) is 0 Å². The Morgan fingerprint density at radius 2 is 1.91 bits per heavy atom. The second-order valence-corrected chi connectivity index (χ2v) is 9.00. The Labute approximate surface area is 202 Å². The molecule has 0 radical (unpaired) electrons. The van der Waals surface area contributed by atoms with Gasteiger partial charge in [0, 0.05) is 23.6 Å². The van der Waals surface area contributed by atoms with Crippen LogP contribution in [-0.4, -0.2) is 41.1 Å². The molecule has 33 heavy (non-hydrogen) atoms. The first-order valence-electron chi connectivity index (χ1n) is 10.5. The number of carbonyl (C=O) groups excluding carboxylic acids is 1. The van der Waals surface area contributed by atoms with Crippen LogP contribution in [0.5, 0.6) is 0 Å². The van der Waals surface area contributed by atoms with Gasteiger partial charge in [-0.15, -0.1) is 5.10 Å². The Morgan fingerprint density at radius 3 is 2.64 bits per heavy atom. The normalized spacial score (nSPS) is 15.2. The molecule has 1 N–H and O–H groups in total. The van der Waals surface area contributed by atoms with Gasteiger partial charge >= 0.3 is 5.97 Å². The second-order valence-electron chi connectivity index (χ2n) is 7.65. The number of hydrogen-bond donors (Lipinski definition) is 1. The van der Waals surface area contributed by atoms with Gasteiger partial charge in [-0.1, -0.05) is 71.4 Å². The zero-order valence-electron chi connectivity index (χ0n) is 18.7. The number of anilines is 1. The maximum absolute atomic E-state index is 13.0. The van der Waals surface area contributed by atoms with Gasteiger partial charge in [-0.25, -0.2) is 9.48 Å². The standard InChI is InChI=1S/C24H25ClN4O3S/c1-15-8-10-17(11-9-15)21-20(22(30)32-13-12-31-3)16(2)26-23-27-24(28-29(21)23)33-14-18-6-4-5-7-19(18)25/h4-11,21H,12-14H2,1-3H3,(H,26,27,28)/t21-/m1/s1. The van der Waals surface area contributed by atoms with Crippen molar-refractivity contribution in [2.24, 2.45) is 0 Å². The summed E-state index contributed by atoms with van der Waals surface area (Å²) in [6.07, 6.45) is 0. The largest absolute Gasteiger partial charge is 0.460 e. The van der Waals surface area contributed by atoms with Crippen molar-refractivity contribution in [1.29, 1.82) is 0 Å². The third-order valence-electron chi connectivity index (χ3n) is 5.28. The number of allylic oxidation sites excluding steroid dienone is 1. The number of carbonyl (C=O) groups is 1. The molecule has 1 aromatic heterocycles. The van der Waals surface area contributed by atoms with E-state index in [4.69, 9.17) is 26.2 Å². The predicted molar refractivity (Wildman–Crippen MR) is 130 cm³/mol. The Kier molecular flexibility index (Phi) is 7.37. The minimum Gasteiger partial charge on any atom is -0.460 e. The summed E-state index contributed by atoms with van der Waals surface area (Å²) in [6.45, 7) is 4.38. The molecule has 7 nitrogen and oxygen atoms in total. The van der Waals surface area contributed by atoms with Gasteiger partial charge in [-0.3, -0.25) is 0 Å². The molecule has 0 unspecified atom stereocenters. The van der Waals surface area contributed by atoms with Crippen LogP contribution in [0.3, 0.4) is 0 Å². The minimum atomic E-state index is -0.459. The zero-order valence-corrected chi connectivity index (χ0v) is 20.2. The molecule has 0 spiro atoms. The summed E-state index contributed by atoms with van der Waals surface area (Å²) in [5.74, 6) is 0.804. The summed E-state index contributed by atoms with van der Waals surface area (Å²) in [6, 6.07) is 15.3. The van der Waals surface area contributed by atoms with E-state index < -0.39 is 12.0 Å². The van der Waals surface area contributed by atoms with Gasteiger partial charge in [0.15, 0.2) is 0 Å². The Bertz CT molecular complexity index is 1180. The third kappa shape index (κ3) is 5.24. The van der Waals surface area contributed by atoms with Crippen molar-refractivity contribution in [3.05, 3.63) is 81.5 Å². The van der Waals surface area contributed by atoms with Crippen molar-refractivity contribution in [3.8, 4) is 0 Å². The number of thioether (sulfide) groups is 1. The fourth-order valence-corrected chi connectivity index (χ4v) is 4.68. The summed E-state index contributed by atoms with van der Waals surface area (Å²) in [5.41, 5.74) is 4.25. The molecule has 0 bridgehead atoms. The molecule has 0 aliphatic carbocycles. The van der Waals surface area contributed by atoms with Crippen molar-refractivity contribution in [1.82, 2.24) is 14.8 Å². The van der Waals surface area contributed by atoms with Crippen LogP contribution in [0.1, 0.15) is 29.7 Å². The number of nitrogens with zero attached hydrogens (tertiary/aromatic N) is 3. The lowest BCUT2D eigenvalue weighted by Gasteiger charge is -2.28. The molecular formula is C24H25ClN4O3S. The van der Waals surface area contributed by atoms with Gasteiger partial charge in [0.1, 0.15) is 12.6 Å². The summed E-state index contributed by atoms with van der Waals surface area (Å²) >= 11 is 7.78. The van der Waals surface area contributed by atoms with E-state index in [1.165, 1.54) is 11.8 Å². The Hall–Kier alpha value is -2.81. The van der Waals surface area contributed by atoms with Gasteiger partial charge in [0.2, 0.25) is 11.1 Å². The highest BCUT2D eigenvalue weighted by Gasteiger charge is 2.35. The van der Waals surface area contributed by atoms with Gasteiger partial charge in [-0.05, 0) is 31.0 Å². The second kappa shape index (κ2) is 10.4. The number of hydrogen-bond acceptors (Lipinski definition) is 7. The van der Waals surface area contributed by atoms with E-state index in [0.717, 1.165) is 16.7 Å².